The van der Waals surface area contributed by atoms with Crippen molar-refractivity contribution in [1.82, 2.24) is 4.90 Å². The van der Waals surface area contributed by atoms with E-state index < -0.39 is 5.91 Å². The van der Waals surface area contributed by atoms with Gasteiger partial charge in [0.2, 0.25) is 11.8 Å². The molecule has 0 saturated carbocycles. The molecule has 4 heteroatoms. The van der Waals surface area contributed by atoms with E-state index >= 15 is 0 Å². The molecule has 1 fully saturated rings. The van der Waals surface area contributed by atoms with Gasteiger partial charge in [-0.25, -0.2) is 0 Å². The van der Waals surface area contributed by atoms with Gasteiger partial charge in [-0.1, -0.05) is 31.1 Å². The van der Waals surface area contributed by atoms with Gasteiger partial charge in [0.25, 0.3) is 0 Å². The summed E-state index contributed by atoms with van der Waals surface area (Å²) >= 11 is 0. The molecule has 2 amide bonds. The van der Waals surface area contributed by atoms with E-state index in [0.29, 0.717) is 12.0 Å². The number of hydrogen-bond donors (Lipinski definition) is 1. The average molecular weight is 248 g/mol. The molecule has 1 heterocycles. The van der Waals surface area contributed by atoms with Crippen molar-refractivity contribution in [3.63, 3.8) is 0 Å². The molecule has 1 aliphatic heterocycles. The molecule has 4 nitrogen and oxygen atoms in total. The van der Waals surface area contributed by atoms with Gasteiger partial charge in [0.15, 0.2) is 0 Å². The average Bonchev–Trinajstić information content (AvgIpc) is 2.67. The number of carbonyl (C=O) groups is 2. The summed E-state index contributed by atoms with van der Waals surface area (Å²) in [5.74, 6) is -0.356. The molecule has 1 atom stereocenters. The van der Waals surface area contributed by atoms with Crippen LogP contribution in [0.4, 0.5) is 0 Å². The Morgan fingerprint density at radius 1 is 1.17 bits per heavy atom. The Kier molecular flexibility index (Phi) is 4.18. The lowest BCUT2D eigenvalue weighted by atomic mass is 9.95. The summed E-state index contributed by atoms with van der Waals surface area (Å²) in [6.07, 6.45) is 10.5. The molecular weight excluding hydrogens is 228 g/mol. The Bertz CT molecular complexity index is 391. The molecule has 2 aliphatic rings. The smallest absolute Gasteiger partial charge is 0.248 e. The number of allylic oxidation sites excluding steroid dienone is 1. The number of amides is 2. The first kappa shape index (κ1) is 12.9. The molecule has 1 unspecified atom stereocenters. The monoisotopic (exact) mass is 248 g/mol. The topological polar surface area (TPSA) is 63.4 Å². The number of primary amides is 1. The van der Waals surface area contributed by atoms with E-state index in [9.17, 15) is 9.59 Å². The van der Waals surface area contributed by atoms with Gasteiger partial charge < -0.3 is 10.6 Å². The minimum atomic E-state index is -0.424. The first-order valence-corrected chi connectivity index (χ1v) is 6.65. The van der Waals surface area contributed by atoms with E-state index in [0.717, 1.165) is 25.9 Å². The van der Waals surface area contributed by atoms with Crippen molar-refractivity contribution in [1.29, 1.82) is 0 Å². The van der Waals surface area contributed by atoms with E-state index in [1.165, 1.54) is 12.8 Å². The van der Waals surface area contributed by atoms with Gasteiger partial charge in [-0.15, -0.1) is 0 Å². The largest absolute Gasteiger partial charge is 0.366 e. The van der Waals surface area contributed by atoms with E-state index in [2.05, 4.69) is 0 Å². The van der Waals surface area contributed by atoms with Crippen molar-refractivity contribution in [3.8, 4) is 0 Å². The summed E-state index contributed by atoms with van der Waals surface area (Å²) in [6.45, 7) is 1.74. The molecule has 0 bridgehead atoms. The van der Waals surface area contributed by atoms with Crippen molar-refractivity contribution in [2.75, 3.05) is 13.1 Å². The van der Waals surface area contributed by atoms with E-state index in [1.54, 1.807) is 12.2 Å². The molecule has 0 aromatic rings. The number of hydrogen-bond acceptors (Lipinski definition) is 2. The van der Waals surface area contributed by atoms with Crippen LogP contribution in [0.3, 0.4) is 0 Å². The van der Waals surface area contributed by atoms with Crippen LogP contribution in [-0.2, 0) is 9.59 Å². The fourth-order valence-electron chi connectivity index (χ4n) is 2.51. The second-order valence-corrected chi connectivity index (χ2v) is 4.96. The van der Waals surface area contributed by atoms with Crippen LogP contribution in [0.1, 0.15) is 32.1 Å². The van der Waals surface area contributed by atoms with Crippen LogP contribution >= 0.6 is 0 Å². The van der Waals surface area contributed by atoms with Crippen LogP contribution in [0, 0.1) is 5.92 Å². The Morgan fingerprint density at radius 2 is 1.83 bits per heavy atom. The van der Waals surface area contributed by atoms with Crippen molar-refractivity contribution >= 4 is 11.8 Å². The summed E-state index contributed by atoms with van der Waals surface area (Å²) in [7, 11) is 0. The van der Waals surface area contributed by atoms with Crippen LogP contribution in [0.15, 0.2) is 23.8 Å². The van der Waals surface area contributed by atoms with Crippen molar-refractivity contribution in [2.24, 2.45) is 11.7 Å². The standard InChI is InChI=1S/C14H20N2O2/c15-13(17)11-5-7-12(8-6-11)14(18)16-9-3-1-2-4-10-16/h5-7,12H,1-4,8-10H2,(H2,15,17). The zero-order valence-electron chi connectivity index (χ0n) is 10.6. The van der Waals surface area contributed by atoms with Gasteiger partial charge in [0.1, 0.15) is 0 Å². The Labute approximate surface area is 108 Å². The molecule has 2 rings (SSSR count). The number of carbonyl (C=O) groups excluding carboxylic acids is 2. The molecule has 18 heavy (non-hydrogen) atoms. The fraction of sp³-hybridized carbons (Fsp3) is 0.571. The zero-order chi connectivity index (χ0) is 13.0. The van der Waals surface area contributed by atoms with Crippen molar-refractivity contribution in [3.05, 3.63) is 23.8 Å². The van der Waals surface area contributed by atoms with Crippen LogP contribution in [0.5, 0.6) is 0 Å². The minimum absolute atomic E-state index is 0.119. The SMILES string of the molecule is NC(=O)C1=CCC(C(=O)N2CCCCCC2)C=C1. The summed E-state index contributed by atoms with van der Waals surface area (Å²) < 4.78 is 0. The minimum Gasteiger partial charge on any atom is -0.366 e. The van der Waals surface area contributed by atoms with Crippen molar-refractivity contribution in [2.45, 2.75) is 32.1 Å². The Hall–Kier alpha value is -1.58. The molecule has 0 aromatic carbocycles. The zero-order valence-corrected chi connectivity index (χ0v) is 10.6. The summed E-state index contributed by atoms with van der Waals surface area (Å²) in [5, 5.41) is 0. The fourth-order valence-corrected chi connectivity index (χ4v) is 2.51. The van der Waals surface area contributed by atoms with E-state index in [-0.39, 0.29) is 11.8 Å². The Morgan fingerprint density at radius 3 is 2.33 bits per heavy atom. The summed E-state index contributed by atoms with van der Waals surface area (Å²) in [4.78, 5) is 25.3. The van der Waals surface area contributed by atoms with Gasteiger partial charge in [0.05, 0.1) is 5.92 Å². The number of nitrogens with zero attached hydrogens (tertiary/aromatic N) is 1. The van der Waals surface area contributed by atoms with Crippen LogP contribution in [0.25, 0.3) is 0 Å². The predicted octanol–water partition coefficient (Wildman–Crippen LogP) is 1.38. The second-order valence-electron chi connectivity index (χ2n) is 4.96. The highest BCUT2D eigenvalue weighted by molar-refractivity contribution is 5.95. The molecular formula is C14H20N2O2. The van der Waals surface area contributed by atoms with Crippen LogP contribution < -0.4 is 5.73 Å². The molecule has 2 N–H and O–H groups in total. The lowest BCUT2D eigenvalue weighted by Crippen LogP contribution is -2.36. The summed E-state index contributed by atoms with van der Waals surface area (Å²) in [5.41, 5.74) is 5.71. The molecule has 1 saturated heterocycles. The van der Waals surface area contributed by atoms with Gasteiger partial charge >= 0.3 is 0 Å². The maximum Gasteiger partial charge on any atom is 0.248 e. The van der Waals surface area contributed by atoms with Gasteiger partial charge in [0, 0.05) is 18.7 Å². The molecule has 0 spiro atoms. The second kappa shape index (κ2) is 5.85. The molecule has 0 radical (unpaired) electrons. The first-order chi connectivity index (χ1) is 8.68. The predicted molar refractivity (Wildman–Crippen MR) is 69.6 cm³/mol. The highest BCUT2D eigenvalue weighted by atomic mass is 16.2. The van der Waals surface area contributed by atoms with E-state index in [1.807, 2.05) is 11.0 Å². The quantitative estimate of drug-likeness (QED) is 0.802. The maximum absolute atomic E-state index is 12.3. The molecule has 1 aliphatic carbocycles. The van der Waals surface area contributed by atoms with Crippen LogP contribution in [-0.4, -0.2) is 29.8 Å². The van der Waals surface area contributed by atoms with Gasteiger partial charge in [-0.3, -0.25) is 9.59 Å². The number of nitrogens with two attached hydrogens (primary N) is 1. The maximum atomic E-state index is 12.3. The van der Waals surface area contributed by atoms with Gasteiger partial charge in [-0.05, 0) is 19.3 Å². The number of rotatable bonds is 2. The number of likely N-dealkylation sites (tertiary alicyclic amines) is 1. The first-order valence-electron chi connectivity index (χ1n) is 6.65. The highest BCUT2D eigenvalue weighted by Gasteiger charge is 2.24. The van der Waals surface area contributed by atoms with Crippen molar-refractivity contribution < 1.29 is 9.59 Å². The molecule has 0 aromatic heterocycles. The van der Waals surface area contributed by atoms with E-state index in [4.69, 9.17) is 5.73 Å². The normalized spacial score (nSPS) is 24.3. The summed E-state index contributed by atoms with van der Waals surface area (Å²) in [6, 6.07) is 0. The lowest BCUT2D eigenvalue weighted by molar-refractivity contribution is -0.134. The third-order valence-corrected chi connectivity index (χ3v) is 3.62. The Balaban J connectivity index is 1.95. The molecule has 98 valence electrons. The van der Waals surface area contributed by atoms with Gasteiger partial charge in [-0.2, -0.15) is 0 Å². The third kappa shape index (κ3) is 3.00. The third-order valence-electron chi connectivity index (χ3n) is 3.62. The lowest BCUT2D eigenvalue weighted by Gasteiger charge is -2.25. The highest BCUT2D eigenvalue weighted by Crippen LogP contribution is 2.20. The van der Waals surface area contributed by atoms with Crippen LogP contribution in [0.2, 0.25) is 0 Å².